The van der Waals surface area contributed by atoms with E-state index in [0.29, 0.717) is 0 Å². The highest BCUT2D eigenvalue weighted by Crippen LogP contribution is 2.26. The quantitative estimate of drug-likeness (QED) is 0.746. The fourth-order valence-corrected chi connectivity index (χ4v) is 0.967. The standard InChI is InChI=1S/C9H6N4O2/c14-8-4-2-1-3-6(8)11-12-7-5-10-13-9(7)15/h1-5,14H. The lowest BCUT2D eigenvalue weighted by molar-refractivity contribution is -0.114. The predicted octanol–water partition coefficient (Wildman–Crippen LogP) is 2.31. The number of hydrogen-bond acceptors (Lipinski definition) is 5. The number of benzene rings is 1. The number of azo groups is 2. The Hall–Kier alpha value is -2.37. The van der Waals surface area contributed by atoms with Gasteiger partial charge in [-0.05, 0) is 12.1 Å². The van der Waals surface area contributed by atoms with Crippen molar-refractivity contribution in [3.8, 4) is 5.75 Å². The molecule has 1 N–H and O–H groups in total. The molecule has 6 heteroatoms. The van der Waals surface area contributed by atoms with Gasteiger partial charge < -0.3 is 5.11 Å². The van der Waals surface area contributed by atoms with Crippen LogP contribution in [0.4, 0.5) is 5.69 Å². The van der Waals surface area contributed by atoms with Crippen molar-refractivity contribution in [3.05, 3.63) is 36.2 Å². The van der Waals surface area contributed by atoms with Crippen LogP contribution in [0, 0.1) is 0 Å². The molecule has 0 aliphatic carbocycles. The molecule has 0 spiro atoms. The molecule has 1 aromatic carbocycles. The molecule has 1 aromatic rings. The van der Waals surface area contributed by atoms with E-state index in [4.69, 9.17) is 0 Å². The smallest absolute Gasteiger partial charge is 0.317 e. The van der Waals surface area contributed by atoms with Gasteiger partial charge in [-0.3, -0.25) is 4.79 Å². The van der Waals surface area contributed by atoms with E-state index in [9.17, 15) is 9.90 Å². The second-order valence-corrected chi connectivity index (χ2v) is 2.72. The molecule has 1 aliphatic rings. The molecule has 1 heterocycles. The third-order valence-corrected chi connectivity index (χ3v) is 1.69. The summed E-state index contributed by atoms with van der Waals surface area (Å²) in [5.41, 5.74) is 0.344. The number of carbonyl (C=O) groups is 1. The molecular weight excluding hydrogens is 196 g/mol. The lowest BCUT2D eigenvalue weighted by Gasteiger charge is -1.94. The van der Waals surface area contributed by atoms with E-state index < -0.39 is 5.91 Å². The molecule has 0 fully saturated rings. The second kappa shape index (κ2) is 3.79. The molecule has 0 atom stereocenters. The monoisotopic (exact) mass is 202 g/mol. The van der Waals surface area contributed by atoms with Crippen molar-refractivity contribution in [2.75, 3.05) is 0 Å². The Kier molecular flexibility index (Phi) is 2.32. The summed E-state index contributed by atoms with van der Waals surface area (Å²) in [5.74, 6) is -0.532. The molecule has 2 rings (SSSR count). The van der Waals surface area contributed by atoms with Gasteiger partial charge in [0.15, 0.2) is 5.70 Å². The second-order valence-electron chi connectivity index (χ2n) is 2.72. The first-order valence-corrected chi connectivity index (χ1v) is 4.12. The topological polar surface area (TPSA) is 86.7 Å². The van der Waals surface area contributed by atoms with E-state index in [2.05, 4.69) is 20.5 Å². The Balaban J connectivity index is 2.20. The Morgan fingerprint density at radius 1 is 1.20 bits per heavy atom. The summed E-state index contributed by atoms with van der Waals surface area (Å²) >= 11 is 0. The molecule has 0 saturated heterocycles. The zero-order valence-corrected chi connectivity index (χ0v) is 7.53. The number of amides is 1. The van der Waals surface area contributed by atoms with Gasteiger partial charge in [0.1, 0.15) is 11.4 Å². The van der Waals surface area contributed by atoms with Crippen molar-refractivity contribution < 1.29 is 9.90 Å². The molecule has 0 bridgehead atoms. The van der Waals surface area contributed by atoms with E-state index in [1.54, 1.807) is 18.2 Å². The highest BCUT2D eigenvalue weighted by molar-refractivity contribution is 5.94. The number of rotatable bonds is 2. The van der Waals surface area contributed by atoms with Crippen molar-refractivity contribution in [2.24, 2.45) is 20.5 Å². The normalized spacial score (nSPS) is 14.9. The molecule has 0 saturated carbocycles. The zero-order valence-electron chi connectivity index (χ0n) is 7.53. The fourth-order valence-electron chi connectivity index (χ4n) is 0.967. The van der Waals surface area contributed by atoms with Crippen LogP contribution in [0.5, 0.6) is 5.75 Å². The number of aromatic hydroxyl groups is 1. The highest BCUT2D eigenvalue weighted by Gasteiger charge is 2.12. The van der Waals surface area contributed by atoms with Crippen molar-refractivity contribution >= 4 is 11.6 Å². The maximum Gasteiger partial charge on any atom is 0.317 e. The van der Waals surface area contributed by atoms with Crippen molar-refractivity contribution in [2.45, 2.75) is 0 Å². The largest absolute Gasteiger partial charge is 0.506 e. The third kappa shape index (κ3) is 1.93. The van der Waals surface area contributed by atoms with Crippen LogP contribution < -0.4 is 0 Å². The van der Waals surface area contributed by atoms with Crippen LogP contribution >= 0.6 is 0 Å². The van der Waals surface area contributed by atoms with Crippen molar-refractivity contribution in [3.63, 3.8) is 0 Å². The molecule has 0 aromatic heterocycles. The minimum Gasteiger partial charge on any atom is -0.506 e. The Labute approximate surface area is 84.7 Å². The zero-order chi connectivity index (χ0) is 10.7. The van der Waals surface area contributed by atoms with Crippen LogP contribution in [0.25, 0.3) is 0 Å². The maximum atomic E-state index is 10.9. The molecule has 1 amide bonds. The van der Waals surface area contributed by atoms with Crippen LogP contribution in [-0.2, 0) is 4.79 Å². The molecule has 0 radical (unpaired) electrons. The Morgan fingerprint density at radius 2 is 2.00 bits per heavy atom. The summed E-state index contributed by atoms with van der Waals surface area (Å²) in [6, 6.07) is 6.42. The van der Waals surface area contributed by atoms with E-state index >= 15 is 0 Å². The number of hydrogen-bond donors (Lipinski definition) is 1. The van der Waals surface area contributed by atoms with E-state index in [0.717, 1.165) is 0 Å². The summed E-state index contributed by atoms with van der Waals surface area (Å²) in [6.45, 7) is 0. The van der Waals surface area contributed by atoms with E-state index in [1.165, 1.54) is 12.3 Å². The summed E-state index contributed by atoms with van der Waals surface area (Å²) in [6.07, 6.45) is 1.21. The third-order valence-electron chi connectivity index (χ3n) is 1.69. The maximum absolute atomic E-state index is 10.9. The SMILES string of the molecule is O=C1N=NC=C1N=Nc1ccccc1O. The molecule has 1 aliphatic heterocycles. The van der Waals surface area contributed by atoms with Gasteiger partial charge >= 0.3 is 5.91 Å². The van der Waals surface area contributed by atoms with Gasteiger partial charge in [-0.25, -0.2) is 0 Å². The molecule has 74 valence electrons. The number of carbonyl (C=O) groups excluding carboxylic acids is 1. The van der Waals surface area contributed by atoms with Gasteiger partial charge in [-0.15, -0.1) is 15.3 Å². The average Bonchev–Trinajstić information content (AvgIpc) is 2.63. The van der Waals surface area contributed by atoms with E-state index in [-0.39, 0.29) is 17.1 Å². The molecule has 15 heavy (non-hydrogen) atoms. The van der Waals surface area contributed by atoms with Gasteiger partial charge in [-0.1, -0.05) is 12.1 Å². The summed E-state index contributed by atoms with van der Waals surface area (Å²) in [5, 5.41) is 23.3. The Bertz CT molecular complexity index is 491. The minimum atomic E-state index is -0.533. The minimum absolute atomic E-state index is 0.00109. The predicted molar refractivity (Wildman–Crippen MR) is 50.6 cm³/mol. The number of phenols is 1. The lowest BCUT2D eigenvalue weighted by atomic mass is 10.3. The average molecular weight is 202 g/mol. The van der Waals surface area contributed by atoms with Gasteiger partial charge in [0.2, 0.25) is 0 Å². The van der Waals surface area contributed by atoms with Crippen LogP contribution in [0.1, 0.15) is 0 Å². The van der Waals surface area contributed by atoms with Crippen LogP contribution in [0.3, 0.4) is 0 Å². The number of para-hydroxylation sites is 1. The first kappa shape index (κ1) is 9.20. The van der Waals surface area contributed by atoms with Crippen molar-refractivity contribution in [1.82, 2.24) is 0 Å². The summed E-state index contributed by atoms with van der Waals surface area (Å²) < 4.78 is 0. The number of nitrogens with zero attached hydrogens (tertiary/aromatic N) is 4. The van der Waals surface area contributed by atoms with Crippen LogP contribution in [0.2, 0.25) is 0 Å². The van der Waals surface area contributed by atoms with E-state index in [1.807, 2.05) is 0 Å². The van der Waals surface area contributed by atoms with Crippen LogP contribution in [-0.4, -0.2) is 11.0 Å². The van der Waals surface area contributed by atoms with Gasteiger partial charge in [0.25, 0.3) is 0 Å². The number of phenolic OH excluding ortho intramolecular Hbond substituents is 1. The van der Waals surface area contributed by atoms with Gasteiger partial charge in [0, 0.05) is 0 Å². The first-order valence-electron chi connectivity index (χ1n) is 4.12. The van der Waals surface area contributed by atoms with Crippen molar-refractivity contribution in [1.29, 1.82) is 0 Å². The summed E-state index contributed by atoms with van der Waals surface area (Å²) in [7, 11) is 0. The highest BCUT2D eigenvalue weighted by atomic mass is 16.3. The Morgan fingerprint density at radius 3 is 2.67 bits per heavy atom. The molecular formula is C9H6N4O2. The fraction of sp³-hybridized carbons (Fsp3) is 0. The van der Waals surface area contributed by atoms with Gasteiger partial charge in [-0.2, -0.15) is 5.11 Å². The van der Waals surface area contributed by atoms with Gasteiger partial charge in [0.05, 0.1) is 6.20 Å². The molecule has 6 nitrogen and oxygen atoms in total. The van der Waals surface area contributed by atoms with Crippen LogP contribution in [0.15, 0.2) is 56.6 Å². The first-order chi connectivity index (χ1) is 7.27. The lowest BCUT2D eigenvalue weighted by Crippen LogP contribution is -1.88. The summed E-state index contributed by atoms with van der Waals surface area (Å²) in [4.78, 5) is 10.9. The molecule has 0 unspecified atom stereocenters.